The van der Waals surface area contributed by atoms with Crippen molar-refractivity contribution in [3.8, 4) is 78.6 Å². The Morgan fingerprint density at radius 3 is 1.86 bits per heavy atom. The molecule has 2 aromatic heterocycles. The van der Waals surface area contributed by atoms with E-state index in [2.05, 4.69) is 219 Å². The number of rotatable bonds is 11. The third-order valence-electron chi connectivity index (χ3n) is 13.7. The van der Waals surface area contributed by atoms with Crippen molar-refractivity contribution >= 4 is 11.0 Å². The van der Waals surface area contributed by atoms with Gasteiger partial charge in [-0.3, -0.25) is 9.55 Å². The molecule has 2 heterocycles. The SMILES string of the molecule is [2H]C(C)(C)c1cccc(C(C)C)c1-c1ccc(-n2c(-c3cc(C(C)C)cc(C(C)C)c3O)nc3c(-c4[c-]c(-c5cc(-c6ccc(-c7ccccc7)cc6)ccn5)cc(C(C)(C)C)c4)cccc32)c(C)c1.[Pt]. The van der Waals surface area contributed by atoms with Crippen molar-refractivity contribution in [2.75, 3.05) is 0 Å². The van der Waals surface area contributed by atoms with Crippen LogP contribution in [0.3, 0.4) is 0 Å². The van der Waals surface area contributed by atoms with Crippen LogP contribution in [-0.4, -0.2) is 19.6 Å². The smallest absolute Gasteiger partial charge is 0.148 e. The molecule has 0 saturated heterocycles. The number of phenols is 1. The fourth-order valence-electron chi connectivity index (χ4n) is 9.75. The molecular weight excluding hydrogens is 1030 g/mol. The van der Waals surface area contributed by atoms with Crippen molar-refractivity contribution in [1.29, 1.82) is 0 Å². The van der Waals surface area contributed by atoms with Crippen molar-refractivity contribution in [2.45, 2.75) is 112 Å². The molecule has 0 aliphatic carbocycles. The van der Waals surface area contributed by atoms with E-state index in [1.807, 2.05) is 26.1 Å². The molecule has 5 heteroatoms. The van der Waals surface area contributed by atoms with Crippen LogP contribution >= 0.6 is 0 Å². The van der Waals surface area contributed by atoms with Gasteiger partial charge in [-0.05, 0) is 128 Å². The van der Waals surface area contributed by atoms with Crippen LogP contribution < -0.4 is 0 Å². The number of aromatic hydroxyl groups is 1. The van der Waals surface area contributed by atoms with Gasteiger partial charge in [-0.25, -0.2) is 4.98 Å². The molecule has 0 fully saturated rings. The largest absolute Gasteiger partial charge is 0.507 e. The number of pyridine rings is 1. The van der Waals surface area contributed by atoms with E-state index in [1.165, 1.54) is 22.3 Å². The molecule has 4 nitrogen and oxygen atoms in total. The van der Waals surface area contributed by atoms with E-state index < -0.39 is 5.89 Å². The first-order valence-electron chi connectivity index (χ1n) is 25.1. The number of hydrogen-bond donors (Lipinski definition) is 1. The second kappa shape index (κ2) is 20.2. The predicted molar refractivity (Wildman–Crippen MR) is 292 cm³/mol. The third-order valence-corrected chi connectivity index (χ3v) is 13.7. The summed E-state index contributed by atoms with van der Waals surface area (Å²) in [5, 5.41) is 12.3. The Balaban J connectivity index is 0.00000676. The molecule has 0 saturated carbocycles. The second-order valence-electron chi connectivity index (χ2n) is 21.0. The normalized spacial score (nSPS) is 12.2. The summed E-state index contributed by atoms with van der Waals surface area (Å²) in [7, 11) is 0. The first kappa shape index (κ1) is 48.7. The van der Waals surface area contributed by atoms with Gasteiger partial charge in [-0.2, -0.15) is 0 Å². The van der Waals surface area contributed by atoms with E-state index >= 15 is 0 Å². The molecule has 0 atom stereocenters. The van der Waals surface area contributed by atoms with Gasteiger partial charge in [-0.1, -0.05) is 190 Å². The first-order valence-corrected chi connectivity index (χ1v) is 24.6. The second-order valence-corrected chi connectivity index (χ2v) is 21.0. The molecule has 358 valence electrons. The van der Waals surface area contributed by atoms with Crippen LogP contribution in [-0.2, 0) is 26.5 Å². The van der Waals surface area contributed by atoms with E-state index in [9.17, 15) is 6.48 Å². The number of aromatic nitrogens is 3. The molecule has 9 rings (SSSR count). The van der Waals surface area contributed by atoms with Gasteiger partial charge in [0.05, 0.1) is 22.3 Å². The summed E-state index contributed by atoms with van der Waals surface area (Å²) in [5.41, 5.74) is 20.2. The molecule has 0 aliphatic rings. The maximum absolute atomic E-state index is 12.3. The third kappa shape index (κ3) is 9.73. The molecule has 1 N–H and O–H groups in total. The van der Waals surface area contributed by atoms with Crippen molar-refractivity contribution < 1.29 is 27.5 Å². The molecule has 0 bridgehead atoms. The van der Waals surface area contributed by atoms with Gasteiger partial charge in [0, 0.05) is 34.3 Å². The summed E-state index contributed by atoms with van der Waals surface area (Å²) in [6.07, 6.45) is 1.90. The number of hydrogen-bond acceptors (Lipinski definition) is 3. The van der Waals surface area contributed by atoms with Gasteiger partial charge in [-0.15, -0.1) is 29.3 Å². The minimum Gasteiger partial charge on any atom is -0.507 e. The number of fused-ring (bicyclic) bond motifs is 1. The number of para-hydroxylation sites is 1. The summed E-state index contributed by atoms with van der Waals surface area (Å²) >= 11 is 0. The molecular formula is C65H66N3OPt-. The van der Waals surface area contributed by atoms with E-state index in [1.54, 1.807) is 0 Å². The monoisotopic (exact) mass is 1100 g/mol. The zero-order chi connectivity index (χ0) is 49.8. The van der Waals surface area contributed by atoms with E-state index in [0.29, 0.717) is 11.4 Å². The van der Waals surface area contributed by atoms with Gasteiger partial charge in [0.15, 0.2) is 0 Å². The standard InChI is InChI=1S/C65H66N3O.Pt/c1-39(2)49-36-56(42(7)8)63(69)57(37-49)64-67-62-55(22-17-23-60(62)68(64)59-29-28-48(32-43(59)9)61-53(40(3)4)20-16-21-54(61)41(5)6)50-33-51(35-52(34-50)65(10,11)12)58-38-47(30-31-66-58)46-26-24-45(25-27-46)44-18-14-13-15-19-44;/h13-32,34-42,69H,1-12H3;/q-1;/i40D;. The Morgan fingerprint density at radius 1 is 0.586 bits per heavy atom. The molecule has 0 spiro atoms. The van der Waals surface area contributed by atoms with Crippen LogP contribution in [0.5, 0.6) is 5.75 Å². The maximum atomic E-state index is 12.3. The maximum Gasteiger partial charge on any atom is 0.148 e. The average Bonchev–Trinajstić information content (AvgIpc) is 3.72. The molecule has 0 amide bonds. The Labute approximate surface area is 432 Å². The summed E-state index contributed by atoms with van der Waals surface area (Å²) in [6, 6.07) is 55.6. The molecule has 0 aliphatic heterocycles. The van der Waals surface area contributed by atoms with Crippen LogP contribution in [0.15, 0.2) is 152 Å². The summed E-state index contributed by atoms with van der Waals surface area (Å²) < 4.78 is 11.4. The molecule has 9 aromatic rings. The summed E-state index contributed by atoms with van der Waals surface area (Å²) in [4.78, 5) is 10.6. The Hall–Kier alpha value is -6.35. The minimum atomic E-state index is -0.793. The fourth-order valence-corrected chi connectivity index (χ4v) is 9.75. The zero-order valence-corrected chi connectivity index (χ0v) is 45.0. The van der Waals surface area contributed by atoms with Crippen LogP contribution in [0, 0.1) is 13.0 Å². The van der Waals surface area contributed by atoms with Crippen molar-refractivity contribution in [3.63, 3.8) is 0 Å². The van der Waals surface area contributed by atoms with E-state index in [4.69, 9.17) is 9.97 Å². The first-order chi connectivity index (χ1) is 33.3. The summed E-state index contributed by atoms with van der Waals surface area (Å²) in [6.45, 7) is 26.0. The Kier molecular flexibility index (Phi) is 14.0. The van der Waals surface area contributed by atoms with Crippen molar-refractivity contribution in [3.05, 3.63) is 191 Å². The molecule has 70 heavy (non-hydrogen) atoms. The van der Waals surface area contributed by atoms with E-state index in [-0.39, 0.29) is 50.0 Å². The average molecular weight is 1100 g/mol. The number of imidazole rings is 1. The molecule has 0 radical (unpaired) electrons. The van der Waals surface area contributed by atoms with E-state index in [0.717, 1.165) is 83.6 Å². The van der Waals surface area contributed by atoms with Crippen LogP contribution in [0.25, 0.3) is 83.9 Å². The zero-order valence-electron chi connectivity index (χ0n) is 43.8. The topological polar surface area (TPSA) is 50.9 Å². The molecule has 0 unspecified atom stereocenters. The Bertz CT molecular complexity index is 3390. The van der Waals surface area contributed by atoms with Gasteiger partial charge >= 0.3 is 0 Å². The quantitative estimate of drug-likeness (QED) is 0.131. The van der Waals surface area contributed by atoms with Crippen LogP contribution in [0.1, 0.15) is 135 Å². The number of nitrogens with zero attached hydrogens (tertiary/aromatic N) is 3. The van der Waals surface area contributed by atoms with Gasteiger partial charge in [0.25, 0.3) is 0 Å². The molecule has 7 aromatic carbocycles. The minimum absolute atomic E-state index is 0. The van der Waals surface area contributed by atoms with Gasteiger partial charge < -0.3 is 5.11 Å². The summed E-state index contributed by atoms with van der Waals surface area (Å²) in [5.74, 6) is 0.741. The van der Waals surface area contributed by atoms with Crippen molar-refractivity contribution in [2.24, 2.45) is 0 Å². The number of benzene rings is 7. The van der Waals surface area contributed by atoms with Crippen LogP contribution in [0.2, 0.25) is 0 Å². The number of aryl methyl sites for hydroxylation is 1. The van der Waals surface area contributed by atoms with Gasteiger partial charge in [0.1, 0.15) is 11.6 Å². The van der Waals surface area contributed by atoms with Gasteiger partial charge in [0.2, 0.25) is 0 Å². The fraction of sp³-hybridized carbons (Fsp3) is 0.262. The number of phenolic OH excluding ortho intramolecular Hbond substituents is 1. The van der Waals surface area contributed by atoms with Crippen molar-refractivity contribution in [1.82, 2.24) is 14.5 Å². The van der Waals surface area contributed by atoms with Crippen LogP contribution in [0.4, 0.5) is 0 Å². The Morgan fingerprint density at radius 2 is 1.21 bits per heavy atom. The predicted octanol–water partition coefficient (Wildman–Crippen LogP) is 18.0.